The van der Waals surface area contributed by atoms with E-state index in [1.54, 1.807) is 10.9 Å². The molecule has 0 spiro atoms. The Labute approximate surface area is 120 Å². The minimum absolute atomic E-state index is 0.109. The van der Waals surface area contributed by atoms with Gasteiger partial charge in [-0.1, -0.05) is 30.3 Å². The van der Waals surface area contributed by atoms with Gasteiger partial charge in [0.05, 0.1) is 11.9 Å². The van der Waals surface area contributed by atoms with Crippen LogP contribution in [0.1, 0.15) is 17.2 Å². The van der Waals surface area contributed by atoms with E-state index in [1.807, 2.05) is 30.3 Å². The van der Waals surface area contributed by atoms with E-state index in [-0.39, 0.29) is 5.56 Å². The summed E-state index contributed by atoms with van der Waals surface area (Å²) in [6, 6.07) is 13.0. The maximum atomic E-state index is 13.7. The number of benzene rings is 2. The number of nitrogens with zero attached hydrogens (tertiary/aromatic N) is 2. The van der Waals surface area contributed by atoms with Gasteiger partial charge in [0.2, 0.25) is 0 Å². The van der Waals surface area contributed by atoms with Crippen molar-refractivity contribution >= 4 is 0 Å². The smallest absolute Gasteiger partial charge is 0.164 e. The fourth-order valence-electron chi connectivity index (χ4n) is 2.11. The zero-order valence-corrected chi connectivity index (χ0v) is 10.9. The highest BCUT2D eigenvalue weighted by Gasteiger charge is 2.19. The molecule has 0 aliphatic rings. The van der Waals surface area contributed by atoms with Gasteiger partial charge in [0.15, 0.2) is 11.6 Å². The largest absolute Gasteiger partial charge is 0.383 e. The average molecular weight is 286 g/mol. The number of aliphatic hydroxyl groups excluding tert-OH is 1. The molecule has 0 saturated carbocycles. The topological polar surface area (TPSA) is 38.1 Å². The van der Waals surface area contributed by atoms with Crippen molar-refractivity contribution in [2.45, 2.75) is 6.10 Å². The third-order valence-electron chi connectivity index (χ3n) is 3.22. The number of halogens is 2. The summed E-state index contributed by atoms with van der Waals surface area (Å²) < 4.78 is 28.5. The first-order chi connectivity index (χ1) is 10.2. The molecule has 3 aromatic rings. The summed E-state index contributed by atoms with van der Waals surface area (Å²) >= 11 is 0. The highest BCUT2D eigenvalue weighted by atomic mass is 19.2. The molecular weight excluding hydrogens is 274 g/mol. The summed E-state index contributed by atoms with van der Waals surface area (Å²) in [6.07, 6.45) is 1.75. The molecule has 1 unspecified atom stereocenters. The van der Waals surface area contributed by atoms with Gasteiger partial charge in [0.25, 0.3) is 0 Å². The van der Waals surface area contributed by atoms with Crippen molar-refractivity contribution in [3.05, 3.63) is 83.7 Å². The monoisotopic (exact) mass is 286 g/mol. The van der Waals surface area contributed by atoms with Crippen LogP contribution in [0.3, 0.4) is 0 Å². The zero-order valence-electron chi connectivity index (χ0n) is 10.9. The Hall–Kier alpha value is -2.53. The quantitative estimate of drug-likeness (QED) is 0.802. The number of hydrogen-bond donors (Lipinski definition) is 1. The lowest BCUT2D eigenvalue weighted by Crippen LogP contribution is -2.03. The lowest BCUT2D eigenvalue weighted by molar-refractivity contribution is 0.213. The van der Waals surface area contributed by atoms with Crippen molar-refractivity contribution < 1.29 is 13.9 Å². The van der Waals surface area contributed by atoms with Crippen molar-refractivity contribution in [3.8, 4) is 5.69 Å². The Balaban J connectivity index is 1.95. The molecule has 5 heteroatoms. The zero-order chi connectivity index (χ0) is 14.8. The lowest BCUT2D eigenvalue weighted by atomic mass is 10.0. The summed E-state index contributed by atoms with van der Waals surface area (Å²) in [4.78, 5) is 0. The molecule has 1 aromatic heterocycles. The molecule has 1 heterocycles. The SMILES string of the molecule is OC(c1cnn(-c2ccccc2)c1)c1cccc(F)c1F. The number of aliphatic hydroxyl groups is 1. The number of rotatable bonds is 3. The van der Waals surface area contributed by atoms with Crippen LogP contribution in [0.5, 0.6) is 0 Å². The molecule has 1 atom stereocenters. The normalized spacial score (nSPS) is 12.3. The Morgan fingerprint density at radius 2 is 1.76 bits per heavy atom. The van der Waals surface area contributed by atoms with Gasteiger partial charge in [-0.25, -0.2) is 13.5 Å². The van der Waals surface area contributed by atoms with Gasteiger partial charge in [0, 0.05) is 17.3 Å². The summed E-state index contributed by atoms with van der Waals surface area (Å²) in [5.74, 6) is -2.03. The second-order valence-corrected chi connectivity index (χ2v) is 4.60. The summed E-state index contributed by atoms with van der Waals surface area (Å²) in [6.45, 7) is 0. The molecule has 0 saturated heterocycles. The van der Waals surface area contributed by atoms with Gasteiger partial charge in [-0.05, 0) is 18.2 Å². The van der Waals surface area contributed by atoms with E-state index in [4.69, 9.17) is 0 Å². The minimum atomic E-state index is -1.27. The van der Waals surface area contributed by atoms with Gasteiger partial charge in [-0.2, -0.15) is 5.10 Å². The highest BCUT2D eigenvalue weighted by molar-refractivity contribution is 5.34. The number of para-hydroxylation sites is 1. The molecule has 3 nitrogen and oxygen atoms in total. The third kappa shape index (κ3) is 2.55. The molecule has 21 heavy (non-hydrogen) atoms. The van der Waals surface area contributed by atoms with Crippen LogP contribution in [-0.2, 0) is 0 Å². The van der Waals surface area contributed by atoms with E-state index in [2.05, 4.69) is 5.10 Å². The van der Waals surface area contributed by atoms with Crippen LogP contribution in [0, 0.1) is 11.6 Å². The van der Waals surface area contributed by atoms with Crippen molar-refractivity contribution in [3.63, 3.8) is 0 Å². The molecule has 3 rings (SSSR count). The summed E-state index contributed by atoms with van der Waals surface area (Å²) in [7, 11) is 0. The highest BCUT2D eigenvalue weighted by Crippen LogP contribution is 2.25. The molecular formula is C16H12F2N2O. The summed E-state index contributed by atoms with van der Waals surface area (Å²) in [5.41, 5.74) is 1.10. The van der Waals surface area contributed by atoms with Gasteiger partial charge >= 0.3 is 0 Å². The molecule has 2 aromatic carbocycles. The Kier molecular flexibility index (Phi) is 3.50. The van der Waals surface area contributed by atoms with E-state index in [1.165, 1.54) is 18.3 Å². The van der Waals surface area contributed by atoms with Crippen molar-refractivity contribution in [1.29, 1.82) is 0 Å². The van der Waals surface area contributed by atoms with Crippen LogP contribution in [0.2, 0.25) is 0 Å². The van der Waals surface area contributed by atoms with E-state index in [0.29, 0.717) is 5.56 Å². The number of hydrogen-bond acceptors (Lipinski definition) is 2. The Morgan fingerprint density at radius 1 is 1.00 bits per heavy atom. The molecule has 0 aliphatic carbocycles. The standard InChI is InChI=1S/C16H12F2N2O/c17-14-8-4-7-13(15(14)18)16(21)11-9-19-20(10-11)12-5-2-1-3-6-12/h1-10,16,21H. The first-order valence-electron chi connectivity index (χ1n) is 6.39. The molecule has 0 bridgehead atoms. The number of aromatic nitrogens is 2. The maximum absolute atomic E-state index is 13.7. The van der Waals surface area contributed by atoms with Crippen molar-refractivity contribution in [2.24, 2.45) is 0 Å². The second-order valence-electron chi connectivity index (χ2n) is 4.60. The molecule has 0 fully saturated rings. The third-order valence-corrected chi connectivity index (χ3v) is 3.22. The minimum Gasteiger partial charge on any atom is -0.383 e. The fraction of sp³-hybridized carbons (Fsp3) is 0.0625. The van der Waals surface area contributed by atoms with Crippen LogP contribution < -0.4 is 0 Å². The van der Waals surface area contributed by atoms with E-state index < -0.39 is 17.7 Å². The van der Waals surface area contributed by atoms with Crippen LogP contribution in [0.4, 0.5) is 8.78 Å². The Morgan fingerprint density at radius 3 is 2.52 bits per heavy atom. The predicted octanol–water partition coefficient (Wildman–Crippen LogP) is 3.23. The average Bonchev–Trinajstić information content (AvgIpc) is 3.00. The molecule has 0 aliphatic heterocycles. The van der Waals surface area contributed by atoms with Crippen LogP contribution in [0.25, 0.3) is 5.69 Å². The summed E-state index contributed by atoms with van der Waals surface area (Å²) in [5, 5.41) is 14.3. The van der Waals surface area contributed by atoms with Gasteiger partial charge < -0.3 is 5.11 Å². The van der Waals surface area contributed by atoms with Gasteiger partial charge in [-0.15, -0.1) is 0 Å². The van der Waals surface area contributed by atoms with Crippen LogP contribution in [0.15, 0.2) is 60.9 Å². The lowest BCUT2D eigenvalue weighted by Gasteiger charge is -2.10. The second kappa shape index (κ2) is 5.46. The fourth-order valence-corrected chi connectivity index (χ4v) is 2.11. The van der Waals surface area contributed by atoms with E-state index in [0.717, 1.165) is 11.8 Å². The Bertz CT molecular complexity index is 756. The molecule has 0 amide bonds. The van der Waals surface area contributed by atoms with Crippen LogP contribution >= 0.6 is 0 Å². The van der Waals surface area contributed by atoms with Crippen molar-refractivity contribution in [2.75, 3.05) is 0 Å². The molecule has 1 N–H and O–H groups in total. The maximum Gasteiger partial charge on any atom is 0.164 e. The predicted molar refractivity (Wildman–Crippen MR) is 74.0 cm³/mol. The van der Waals surface area contributed by atoms with Gasteiger partial charge in [0.1, 0.15) is 6.10 Å². The first-order valence-corrected chi connectivity index (χ1v) is 6.39. The van der Waals surface area contributed by atoms with E-state index >= 15 is 0 Å². The van der Waals surface area contributed by atoms with Gasteiger partial charge in [-0.3, -0.25) is 0 Å². The molecule has 106 valence electrons. The molecule has 0 radical (unpaired) electrons. The first kappa shape index (κ1) is 13.5. The van der Waals surface area contributed by atoms with Crippen LogP contribution in [-0.4, -0.2) is 14.9 Å². The van der Waals surface area contributed by atoms with E-state index in [9.17, 15) is 13.9 Å². The van der Waals surface area contributed by atoms with Crippen molar-refractivity contribution in [1.82, 2.24) is 9.78 Å².